The van der Waals surface area contributed by atoms with Crippen molar-refractivity contribution in [3.8, 4) is 0 Å². The average Bonchev–Trinajstić information content (AvgIpc) is 3.26. The molecule has 0 radical (unpaired) electrons. The third kappa shape index (κ3) is 3.04. The SMILES string of the molecule is Cc1cc(NS(=O)(=O)c2ccc(CC3C4CCC(C4)C3(C)C)cc2)no1. The van der Waals surface area contributed by atoms with Gasteiger partial charge >= 0.3 is 0 Å². The first-order valence-corrected chi connectivity index (χ1v) is 10.8. The largest absolute Gasteiger partial charge is 0.360 e. The molecule has 4 rings (SSSR count). The molecule has 2 aliphatic rings. The zero-order valence-corrected chi connectivity index (χ0v) is 16.3. The monoisotopic (exact) mass is 374 g/mol. The molecule has 2 bridgehead atoms. The lowest BCUT2D eigenvalue weighted by atomic mass is 9.67. The quantitative estimate of drug-likeness (QED) is 0.842. The van der Waals surface area contributed by atoms with Gasteiger partial charge in [-0.15, -0.1) is 0 Å². The second kappa shape index (κ2) is 6.12. The minimum atomic E-state index is -3.65. The maximum atomic E-state index is 12.5. The van der Waals surface area contributed by atoms with E-state index in [1.165, 1.54) is 24.8 Å². The van der Waals surface area contributed by atoms with Gasteiger partial charge in [0, 0.05) is 6.07 Å². The third-order valence-corrected chi connectivity index (χ3v) is 7.98. The molecule has 0 saturated heterocycles. The van der Waals surface area contributed by atoms with Crippen LogP contribution in [0.3, 0.4) is 0 Å². The van der Waals surface area contributed by atoms with E-state index in [0.29, 0.717) is 17.1 Å². The van der Waals surface area contributed by atoms with Gasteiger partial charge in [0.05, 0.1) is 4.90 Å². The van der Waals surface area contributed by atoms with Gasteiger partial charge in [0.15, 0.2) is 5.82 Å². The predicted octanol–water partition coefficient (Wildman–Crippen LogP) is 4.40. The van der Waals surface area contributed by atoms with E-state index in [-0.39, 0.29) is 10.7 Å². The number of nitrogens with zero attached hydrogens (tertiary/aromatic N) is 1. The number of rotatable bonds is 5. The van der Waals surface area contributed by atoms with Crippen LogP contribution in [0.4, 0.5) is 5.82 Å². The number of sulfonamides is 1. The lowest BCUT2D eigenvalue weighted by Gasteiger charge is -2.38. The van der Waals surface area contributed by atoms with Crippen LogP contribution in [0.1, 0.15) is 44.4 Å². The summed E-state index contributed by atoms with van der Waals surface area (Å²) in [6.45, 7) is 6.53. The molecule has 0 spiro atoms. The van der Waals surface area contributed by atoms with E-state index in [0.717, 1.165) is 18.3 Å². The van der Waals surface area contributed by atoms with Crippen LogP contribution in [0.5, 0.6) is 0 Å². The molecular formula is C20H26N2O3S. The van der Waals surface area contributed by atoms with Gasteiger partial charge < -0.3 is 4.52 Å². The molecule has 1 aromatic carbocycles. The molecule has 3 unspecified atom stereocenters. The van der Waals surface area contributed by atoms with E-state index in [2.05, 4.69) is 23.7 Å². The Hall–Kier alpha value is -1.82. The van der Waals surface area contributed by atoms with Gasteiger partial charge in [-0.25, -0.2) is 8.42 Å². The van der Waals surface area contributed by atoms with E-state index in [1.807, 2.05) is 12.1 Å². The number of aryl methyl sites for hydroxylation is 1. The van der Waals surface area contributed by atoms with Gasteiger partial charge in [-0.2, -0.15) is 0 Å². The summed E-state index contributed by atoms with van der Waals surface area (Å²) < 4.78 is 32.3. The fourth-order valence-electron chi connectivity index (χ4n) is 5.07. The molecule has 140 valence electrons. The highest BCUT2D eigenvalue weighted by Crippen LogP contribution is 2.60. The van der Waals surface area contributed by atoms with Crippen LogP contribution in [-0.4, -0.2) is 13.6 Å². The Morgan fingerprint density at radius 3 is 2.54 bits per heavy atom. The molecule has 6 heteroatoms. The first kappa shape index (κ1) is 17.6. The molecule has 0 aliphatic heterocycles. The van der Waals surface area contributed by atoms with Crippen molar-refractivity contribution in [1.82, 2.24) is 5.16 Å². The zero-order chi connectivity index (χ0) is 18.5. The van der Waals surface area contributed by atoms with Crippen LogP contribution in [0, 0.1) is 30.1 Å². The second-order valence-electron chi connectivity index (χ2n) is 8.47. The second-order valence-corrected chi connectivity index (χ2v) is 10.2. The maximum absolute atomic E-state index is 12.5. The Balaban J connectivity index is 1.48. The van der Waals surface area contributed by atoms with E-state index in [4.69, 9.17) is 4.52 Å². The van der Waals surface area contributed by atoms with Gasteiger partial charge in [-0.05, 0) is 73.5 Å². The van der Waals surface area contributed by atoms with Crippen LogP contribution in [0.25, 0.3) is 0 Å². The molecule has 2 aromatic rings. The summed E-state index contributed by atoms with van der Waals surface area (Å²) in [5.74, 6) is 3.14. The van der Waals surface area contributed by atoms with E-state index in [9.17, 15) is 8.42 Å². The number of benzene rings is 1. The fourth-order valence-corrected chi connectivity index (χ4v) is 6.05. The van der Waals surface area contributed by atoms with E-state index < -0.39 is 10.0 Å². The molecule has 1 N–H and O–H groups in total. The van der Waals surface area contributed by atoms with Gasteiger partial charge in [-0.1, -0.05) is 31.1 Å². The highest BCUT2D eigenvalue weighted by atomic mass is 32.2. The highest BCUT2D eigenvalue weighted by Gasteiger charge is 2.52. The van der Waals surface area contributed by atoms with Crippen molar-refractivity contribution in [3.63, 3.8) is 0 Å². The number of nitrogens with one attached hydrogen (secondary N) is 1. The van der Waals surface area contributed by atoms with Crippen LogP contribution in [-0.2, 0) is 16.4 Å². The van der Waals surface area contributed by atoms with Gasteiger partial charge in [-0.3, -0.25) is 4.72 Å². The fraction of sp³-hybridized carbons (Fsp3) is 0.550. The first-order valence-electron chi connectivity index (χ1n) is 9.31. The summed E-state index contributed by atoms with van der Waals surface area (Å²) in [7, 11) is -3.65. The summed E-state index contributed by atoms with van der Waals surface area (Å²) >= 11 is 0. The standard InChI is InChI=1S/C20H26N2O3S/c1-13-10-19(21-25-13)22-26(23,24)17-8-4-14(5-9-17)11-18-15-6-7-16(12-15)20(18,2)3/h4-5,8-10,15-16,18H,6-7,11-12H2,1-3H3,(H,21,22). The number of hydrogen-bond donors (Lipinski definition) is 1. The first-order chi connectivity index (χ1) is 12.3. The molecule has 2 saturated carbocycles. The topological polar surface area (TPSA) is 72.2 Å². The van der Waals surface area contributed by atoms with Crippen LogP contribution >= 0.6 is 0 Å². The van der Waals surface area contributed by atoms with Gasteiger partial charge in [0.1, 0.15) is 5.76 Å². The summed E-state index contributed by atoms with van der Waals surface area (Å²) in [6.07, 6.45) is 5.13. The molecule has 1 aromatic heterocycles. The molecule has 5 nitrogen and oxygen atoms in total. The Morgan fingerprint density at radius 2 is 1.96 bits per heavy atom. The Bertz CT molecular complexity index is 899. The number of anilines is 1. The molecule has 2 fully saturated rings. The number of aromatic nitrogens is 1. The van der Waals surface area contributed by atoms with Crippen molar-refractivity contribution in [2.45, 2.75) is 51.3 Å². The lowest BCUT2D eigenvalue weighted by Crippen LogP contribution is -2.32. The van der Waals surface area contributed by atoms with Crippen molar-refractivity contribution in [2.24, 2.45) is 23.2 Å². The van der Waals surface area contributed by atoms with Crippen LogP contribution in [0.2, 0.25) is 0 Å². The molecular weight excluding hydrogens is 348 g/mol. The van der Waals surface area contributed by atoms with Crippen LogP contribution in [0.15, 0.2) is 39.8 Å². The smallest absolute Gasteiger partial charge is 0.263 e. The lowest BCUT2D eigenvalue weighted by molar-refractivity contribution is 0.122. The number of hydrogen-bond acceptors (Lipinski definition) is 4. The number of fused-ring (bicyclic) bond motifs is 2. The summed E-state index contributed by atoms with van der Waals surface area (Å²) in [5, 5.41) is 3.68. The predicted molar refractivity (Wildman–Crippen MR) is 100 cm³/mol. The van der Waals surface area contributed by atoms with Crippen LogP contribution < -0.4 is 4.72 Å². The average molecular weight is 375 g/mol. The Labute approximate surface area is 155 Å². The van der Waals surface area contributed by atoms with Crippen molar-refractivity contribution in [2.75, 3.05) is 4.72 Å². The molecule has 26 heavy (non-hydrogen) atoms. The van der Waals surface area contributed by atoms with E-state index in [1.54, 1.807) is 25.1 Å². The summed E-state index contributed by atoms with van der Waals surface area (Å²) in [4.78, 5) is 0.245. The highest BCUT2D eigenvalue weighted by molar-refractivity contribution is 7.92. The van der Waals surface area contributed by atoms with Crippen molar-refractivity contribution in [3.05, 3.63) is 41.7 Å². The molecule has 2 aliphatic carbocycles. The van der Waals surface area contributed by atoms with Gasteiger partial charge in [0.25, 0.3) is 10.0 Å². The normalized spacial score (nSPS) is 27.0. The minimum absolute atomic E-state index is 0.204. The Morgan fingerprint density at radius 1 is 1.23 bits per heavy atom. The zero-order valence-electron chi connectivity index (χ0n) is 15.5. The summed E-state index contributed by atoms with van der Waals surface area (Å²) in [5.41, 5.74) is 1.60. The molecule has 3 atom stereocenters. The van der Waals surface area contributed by atoms with E-state index >= 15 is 0 Å². The van der Waals surface area contributed by atoms with Crippen molar-refractivity contribution < 1.29 is 12.9 Å². The van der Waals surface area contributed by atoms with Crippen molar-refractivity contribution in [1.29, 1.82) is 0 Å². The molecule has 0 amide bonds. The Kier molecular flexibility index (Phi) is 4.14. The minimum Gasteiger partial charge on any atom is -0.360 e. The molecule has 1 heterocycles. The summed E-state index contributed by atoms with van der Waals surface area (Å²) in [6, 6.07) is 8.83. The van der Waals surface area contributed by atoms with Crippen molar-refractivity contribution >= 4 is 15.8 Å². The maximum Gasteiger partial charge on any atom is 0.263 e. The third-order valence-electron chi connectivity index (χ3n) is 6.61. The van der Waals surface area contributed by atoms with Gasteiger partial charge in [0.2, 0.25) is 0 Å².